The highest BCUT2D eigenvalue weighted by atomic mass is 32.2. The molecule has 0 spiro atoms. The molecule has 0 radical (unpaired) electrons. The first kappa shape index (κ1) is 8.15. The molecule has 11 heavy (non-hydrogen) atoms. The van der Waals surface area contributed by atoms with Gasteiger partial charge in [0.1, 0.15) is 0 Å². The van der Waals surface area contributed by atoms with E-state index in [9.17, 15) is 18.0 Å². The second kappa shape index (κ2) is 2.28. The molecule has 0 bridgehead atoms. The van der Waals surface area contributed by atoms with Gasteiger partial charge in [-0.1, -0.05) is 0 Å². The van der Waals surface area contributed by atoms with Crippen molar-refractivity contribution >= 4 is 21.8 Å². The zero-order valence-corrected chi connectivity index (χ0v) is 6.09. The molecule has 2 N–H and O–H groups in total. The molecule has 7 heteroatoms. The second-order valence-electron chi connectivity index (χ2n) is 2.08. The summed E-state index contributed by atoms with van der Waals surface area (Å²) in [5.41, 5.74) is 0. The van der Waals surface area contributed by atoms with E-state index in [2.05, 4.69) is 0 Å². The fourth-order valence-corrected chi connectivity index (χ4v) is 1.58. The average molecular weight is 179 g/mol. The molecule has 1 aliphatic heterocycles. The van der Waals surface area contributed by atoms with Crippen LogP contribution < -0.4 is 5.32 Å². The molecule has 1 unspecified atom stereocenters. The number of carbonyl (C=O) groups excluding carboxylic acids is 2. The average Bonchev–Trinajstić information content (AvgIpc) is 2.08. The molecular formula is C4H5NO5S. The lowest BCUT2D eigenvalue weighted by molar-refractivity contribution is -0.121. The standard InChI is InChI=1S/C4H5NO5S/c6-2-1-5-4(7)3(2)11(8,9)10/h3H,1H2,(H,5,7)(H,8,9,10). The van der Waals surface area contributed by atoms with E-state index in [1.165, 1.54) is 0 Å². The first-order chi connectivity index (χ1) is 4.93. The van der Waals surface area contributed by atoms with Crippen molar-refractivity contribution in [3.8, 4) is 0 Å². The summed E-state index contributed by atoms with van der Waals surface area (Å²) in [6.07, 6.45) is 0. The third-order valence-electron chi connectivity index (χ3n) is 1.27. The smallest absolute Gasteiger partial charge is 0.284 e. The van der Waals surface area contributed by atoms with Crippen LogP contribution >= 0.6 is 0 Å². The van der Waals surface area contributed by atoms with E-state index in [4.69, 9.17) is 4.55 Å². The number of rotatable bonds is 1. The highest BCUT2D eigenvalue weighted by Gasteiger charge is 2.42. The summed E-state index contributed by atoms with van der Waals surface area (Å²) in [6.45, 7) is -0.330. The number of nitrogens with one attached hydrogen (secondary N) is 1. The van der Waals surface area contributed by atoms with Crippen molar-refractivity contribution in [3.05, 3.63) is 0 Å². The zero-order chi connectivity index (χ0) is 8.65. The number of hydrogen-bond donors (Lipinski definition) is 2. The van der Waals surface area contributed by atoms with Crippen molar-refractivity contribution in [2.75, 3.05) is 6.54 Å². The fraction of sp³-hybridized carbons (Fsp3) is 0.500. The molecule has 1 heterocycles. The van der Waals surface area contributed by atoms with Crippen LogP contribution in [0.2, 0.25) is 0 Å². The Morgan fingerprint density at radius 1 is 1.45 bits per heavy atom. The van der Waals surface area contributed by atoms with E-state index in [-0.39, 0.29) is 6.54 Å². The summed E-state index contributed by atoms with van der Waals surface area (Å²) in [7, 11) is -4.56. The van der Waals surface area contributed by atoms with Crippen LogP contribution in [0.15, 0.2) is 0 Å². The van der Waals surface area contributed by atoms with Gasteiger partial charge in [-0.2, -0.15) is 8.42 Å². The third kappa shape index (κ3) is 1.38. The van der Waals surface area contributed by atoms with Crippen molar-refractivity contribution in [3.63, 3.8) is 0 Å². The molecule has 6 nitrogen and oxygen atoms in total. The molecule has 0 saturated carbocycles. The van der Waals surface area contributed by atoms with Crippen LogP contribution in [-0.4, -0.2) is 36.5 Å². The predicted molar refractivity (Wildman–Crippen MR) is 33.4 cm³/mol. The van der Waals surface area contributed by atoms with Gasteiger partial charge in [0.2, 0.25) is 11.2 Å². The molecule has 1 rings (SSSR count). The molecule has 0 aromatic rings. The molecule has 0 aliphatic carbocycles. The van der Waals surface area contributed by atoms with Gasteiger partial charge in [-0.15, -0.1) is 0 Å². The maximum Gasteiger partial charge on any atom is 0.284 e. The normalized spacial score (nSPS) is 25.4. The number of amides is 1. The minimum atomic E-state index is -4.56. The number of Topliss-reactive ketones (excluding diaryl/α,β-unsaturated/α-hetero) is 1. The van der Waals surface area contributed by atoms with E-state index in [0.717, 1.165) is 0 Å². The Bertz CT molecular complexity index is 288. The van der Waals surface area contributed by atoms with Crippen molar-refractivity contribution in [2.45, 2.75) is 5.25 Å². The van der Waals surface area contributed by atoms with Crippen LogP contribution in [0.1, 0.15) is 0 Å². The molecule has 1 atom stereocenters. The van der Waals surface area contributed by atoms with Gasteiger partial charge in [0.05, 0.1) is 6.54 Å². The highest BCUT2D eigenvalue weighted by Crippen LogP contribution is 2.05. The summed E-state index contributed by atoms with van der Waals surface area (Å²) in [6, 6.07) is 0. The molecule has 62 valence electrons. The Kier molecular flexibility index (Phi) is 1.69. The van der Waals surface area contributed by atoms with Crippen molar-refractivity contribution in [1.82, 2.24) is 5.32 Å². The minimum absolute atomic E-state index is 0.330. The summed E-state index contributed by atoms with van der Waals surface area (Å²) in [4.78, 5) is 21.2. The predicted octanol–water partition coefficient (Wildman–Crippen LogP) is -2.06. The van der Waals surface area contributed by atoms with Crippen molar-refractivity contribution in [1.29, 1.82) is 0 Å². The quantitative estimate of drug-likeness (QED) is 0.356. The first-order valence-corrected chi connectivity index (χ1v) is 4.20. The van der Waals surface area contributed by atoms with Gasteiger partial charge in [-0.05, 0) is 0 Å². The van der Waals surface area contributed by atoms with Gasteiger partial charge >= 0.3 is 0 Å². The van der Waals surface area contributed by atoms with Gasteiger partial charge in [0, 0.05) is 0 Å². The highest BCUT2D eigenvalue weighted by molar-refractivity contribution is 7.88. The van der Waals surface area contributed by atoms with Crippen LogP contribution in [0.3, 0.4) is 0 Å². The number of ketones is 1. The first-order valence-electron chi connectivity index (χ1n) is 2.69. The van der Waals surface area contributed by atoms with E-state index < -0.39 is 27.1 Å². The van der Waals surface area contributed by atoms with Crippen LogP contribution in [-0.2, 0) is 19.7 Å². The van der Waals surface area contributed by atoms with Gasteiger partial charge in [0.15, 0.2) is 5.78 Å². The summed E-state index contributed by atoms with van der Waals surface area (Å²) >= 11 is 0. The molecule has 1 amide bonds. The topological polar surface area (TPSA) is 101 Å². The largest absolute Gasteiger partial charge is 0.347 e. The monoisotopic (exact) mass is 179 g/mol. The Labute approximate surface area is 62.3 Å². The summed E-state index contributed by atoms with van der Waals surface area (Å²) in [5, 5.41) is 0.0839. The zero-order valence-electron chi connectivity index (χ0n) is 5.27. The molecular weight excluding hydrogens is 174 g/mol. The Morgan fingerprint density at radius 3 is 2.18 bits per heavy atom. The van der Waals surface area contributed by atoms with E-state index in [0.29, 0.717) is 0 Å². The van der Waals surface area contributed by atoms with Crippen LogP contribution in [0, 0.1) is 0 Å². The molecule has 1 saturated heterocycles. The Balaban J connectivity index is 3.05. The Hall–Kier alpha value is -0.950. The number of hydrogen-bond acceptors (Lipinski definition) is 4. The maximum absolute atomic E-state index is 10.6. The molecule has 0 aromatic carbocycles. The minimum Gasteiger partial charge on any atom is -0.347 e. The molecule has 1 fully saturated rings. The van der Waals surface area contributed by atoms with E-state index in [1.807, 2.05) is 5.32 Å². The van der Waals surface area contributed by atoms with Gasteiger partial charge in [-0.3, -0.25) is 14.1 Å². The van der Waals surface area contributed by atoms with E-state index >= 15 is 0 Å². The summed E-state index contributed by atoms with van der Waals surface area (Å²) in [5.74, 6) is -1.78. The summed E-state index contributed by atoms with van der Waals surface area (Å²) < 4.78 is 29.0. The number of carbonyl (C=O) groups is 2. The van der Waals surface area contributed by atoms with Crippen LogP contribution in [0.25, 0.3) is 0 Å². The molecule has 0 aromatic heterocycles. The van der Waals surface area contributed by atoms with Crippen molar-refractivity contribution < 1.29 is 22.6 Å². The second-order valence-corrected chi connectivity index (χ2v) is 3.58. The van der Waals surface area contributed by atoms with E-state index in [1.54, 1.807) is 0 Å². The van der Waals surface area contributed by atoms with Crippen LogP contribution in [0.5, 0.6) is 0 Å². The molecule has 1 aliphatic rings. The van der Waals surface area contributed by atoms with Crippen molar-refractivity contribution in [2.24, 2.45) is 0 Å². The Morgan fingerprint density at radius 2 is 2.00 bits per heavy atom. The lowest BCUT2D eigenvalue weighted by atomic mass is 10.3. The fourth-order valence-electron chi connectivity index (χ4n) is 0.807. The lowest BCUT2D eigenvalue weighted by Crippen LogP contribution is -2.33. The SMILES string of the molecule is O=C1CNC(=O)C1S(=O)(=O)O. The lowest BCUT2D eigenvalue weighted by Gasteiger charge is -1.98. The maximum atomic E-state index is 10.6. The van der Waals surface area contributed by atoms with Gasteiger partial charge in [-0.25, -0.2) is 0 Å². The van der Waals surface area contributed by atoms with Gasteiger partial charge < -0.3 is 5.32 Å². The third-order valence-corrected chi connectivity index (χ3v) is 2.34. The van der Waals surface area contributed by atoms with Gasteiger partial charge in [0.25, 0.3) is 10.1 Å². The van der Waals surface area contributed by atoms with Crippen LogP contribution in [0.4, 0.5) is 0 Å².